The molecule has 6 heteroatoms. The number of hydrogen-bond acceptors (Lipinski definition) is 2. The highest BCUT2D eigenvalue weighted by atomic mass is 19.1. The highest BCUT2D eigenvalue weighted by Gasteiger charge is 2.16. The van der Waals surface area contributed by atoms with Crippen LogP contribution in [0.2, 0.25) is 0 Å². The molecule has 32 heavy (non-hydrogen) atoms. The smallest absolute Gasteiger partial charge is 0.131 e. The molecule has 0 aliphatic heterocycles. The van der Waals surface area contributed by atoms with Crippen LogP contribution in [-0.2, 0) is 7.05 Å². The lowest BCUT2D eigenvalue weighted by molar-refractivity contribution is 0.631. The number of nitrogens with zero attached hydrogens (tertiary/aromatic N) is 3. The normalized spacial score (nSPS) is 11.6. The first kappa shape index (κ1) is 18.6. The molecule has 0 spiro atoms. The molecule has 2 N–H and O–H groups in total. The van der Waals surface area contributed by atoms with E-state index in [2.05, 4.69) is 36.9 Å². The maximum Gasteiger partial charge on any atom is 0.131 e. The van der Waals surface area contributed by atoms with Crippen molar-refractivity contribution in [2.24, 2.45) is 7.05 Å². The quantitative estimate of drug-likeness (QED) is 0.356. The van der Waals surface area contributed by atoms with Gasteiger partial charge >= 0.3 is 0 Å². The Bertz CT molecular complexity index is 1620. The highest BCUT2D eigenvalue weighted by Crippen LogP contribution is 2.36. The third-order valence-electron chi connectivity index (χ3n) is 6.16. The molecule has 3 heterocycles. The molecule has 0 aliphatic rings. The van der Waals surface area contributed by atoms with Crippen LogP contribution in [0.4, 0.5) is 4.39 Å². The van der Waals surface area contributed by atoms with Crippen molar-refractivity contribution in [1.29, 1.82) is 0 Å². The van der Waals surface area contributed by atoms with Gasteiger partial charge in [0.15, 0.2) is 0 Å². The number of hydrogen-bond donors (Lipinski definition) is 2. The van der Waals surface area contributed by atoms with Crippen LogP contribution >= 0.6 is 0 Å². The van der Waals surface area contributed by atoms with Crippen LogP contribution in [0.3, 0.4) is 0 Å². The summed E-state index contributed by atoms with van der Waals surface area (Å²) in [5, 5.41) is 9.70. The van der Waals surface area contributed by atoms with E-state index in [4.69, 9.17) is 0 Å². The molecule has 156 valence electrons. The monoisotopic (exact) mass is 421 g/mol. The van der Waals surface area contributed by atoms with Crippen LogP contribution in [0, 0.1) is 12.7 Å². The number of aryl methyl sites for hydroxylation is 1. The highest BCUT2D eigenvalue weighted by molar-refractivity contribution is 6.01. The summed E-state index contributed by atoms with van der Waals surface area (Å²) in [4.78, 5) is 7.89. The van der Waals surface area contributed by atoms with Gasteiger partial charge in [-0.2, -0.15) is 5.10 Å². The minimum absolute atomic E-state index is 0.232. The molecule has 6 aromatic rings. The van der Waals surface area contributed by atoms with Gasteiger partial charge in [-0.1, -0.05) is 36.4 Å². The second-order valence-corrected chi connectivity index (χ2v) is 8.01. The molecule has 6 rings (SSSR count). The standard InChI is InChI=1S/C26H20FN5/c1-15-28-14-25(32(15)2)16-10-11-23-20(12-16)26(31-30-23)24-13-19-17(7-5-9-22(19)29-24)18-6-3-4-8-21(18)27/h3-14,29H,1-2H3,(H,30,31). The summed E-state index contributed by atoms with van der Waals surface area (Å²) >= 11 is 0. The van der Waals surface area contributed by atoms with Crippen LogP contribution in [0.15, 0.2) is 72.9 Å². The summed E-state index contributed by atoms with van der Waals surface area (Å²) in [6.45, 7) is 1.99. The van der Waals surface area contributed by atoms with Crippen LogP contribution in [0.1, 0.15) is 5.82 Å². The summed E-state index contributed by atoms with van der Waals surface area (Å²) < 4.78 is 16.6. The maximum atomic E-state index is 14.5. The number of rotatable bonds is 3. The molecule has 0 fully saturated rings. The van der Waals surface area contributed by atoms with Crippen molar-refractivity contribution in [2.75, 3.05) is 0 Å². The van der Waals surface area contributed by atoms with Crippen molar-refractivity contribution in [2.45, 2.75) is 6.92 Å². The lowest BCUT2D eigenvalue weighted by Gasteiger charge is -2.04. The fourth-order valence-corrected chi connectivity index (χ4v) is 4.35. The minimum atomic E-state index is -0.232. The average molecular weight is 421 g/mol. The van der Waals surface area contributed by atoms with Gasteiger partial charge in [0.25, 0.3) is 0 Å². The molecule has 0 atom stereocenters. The second-order valence-electron chi connectivity index (χ2n) is 8.01. The summed E-state index contributed by atoms with van der Waals surface area (Å²) in [6, 6.07) is 21.0. The Morgan fingerprint density at radius 2 is 1.72 bits per heavy atom. The van der Waals surface area contributed by atoms with Crippen molar-refractivity contribution >= 4 is 21.8 Å². The van der Waals surface area contributed by atoms with Gasteiger partial charge in [0.2, 0.25) is 0 Å². The van der Waals surface area contributed by atoms with Crippen molar-refractivity contribution in [3.8, 4) is 33.8 Å². The van der Waals surface area contributed by atoms with E-state index >= 15 is 0 Å². The molecule has 0 amide bonds. The predicted octanol–water partition coefficient (Wildman–Crippen LogP) is 6.23. The first-order valence-electron chi connectivity index (χ1n) is 10.4. The minimum Gasteiger partial charge on any atom is -0.353 e. The van der Waals surface area contributed by atoms with Crippen molar-refractivity contribution in [3.05, 3.63) is 84.6 Å². The van der Waals surface area contributed by atoms with Gasteiger partial charge < -0.3 is 9.55 Å². The van der Waals surface area contributed by atoms with Gasteiger partial charge in [-0.05, 0) is 42.8 Å². The van der Waals surface area contributed by atoms with E-state index in [0.717, 1.165) is 55.8 Å². The fraction of sp³-hybridized carbons (Fsp3) is 0.0769. The second kappa shape index (κ2) is 6.92. The van der Waals surface area contributed by atoms with Crippen molar-refractivity contribution in [3.63, 3.8) is 0 Å². The Labute approximate surface area is 183 Å². The van der Waals surface area contributed by atoms with E-state index in [1.54, 1.807) is 6.07 Å². The zero-order valence-corrected chi connectivity index (χ0v) is 17.6. The Morgan fingerprint density at radius 3 is 2.53 bits per heavy atom. The van der Waals surface area contributed by atoms with Crippen molar-refractivity contribution < 1.29 is 4.39 Å². The van der Waals surface area contributed by atoms with E-state index in [9.17, 15) is 4.39 Å². The number of aromatic amines is 2. The molecular formula is C26H20FN5. The molecule has 0 saturated heterocycles. The largest absolute Gasteiger partial charge is 0.353 e. The zero-order chi connectivity index (χ0) is 21.8. The first-order chi connectivity index (χ1) is 15.6. The Hall–Kier alpha value is -4.19. The summed E-state index contributed by atoms with van der Waals surface area (Å²) in [7, 11) is 2.01. The summed E-state index contributed by atoms with van der Waals surface area (Å²) in [6.07, 6.45) is 1.89. The van der Waals surface area contributed by atoms with Crippen molar-refractivity contribution in [1.82, 2.24) is 24.7 Å². The van der Waals surface area contributed by atoms with Crippen LogP contribution < -0.4 is 0 Å². The van der Waals surface area contributed by atoms with Crippen LogP contribution in [-0.4, -0.2) is 24.7 Å². The van der Waals surface area contributed by atoms with Gasteiger partial charge in [-0.15, -0.1) is 0 Å². The molecule has 0 saturated carbocycles. The van der Waals surface area contributed by atoms with Gasteiger partial charge in [0.05, 0.1) is 23.1 Å². The molecule has 3 aromatic heterocycles. The molecule has 3 aromatic carbocycles. The number of halogens is 1. The van der Waals surface area contributed by atoms with E-state index in [1.165, 1.54) is 6.07 Å². The third-order valence-corrected chi connectivity index (χ3v) is 6.16. The lowest BCUT2D eigenvalue weighted by Crippen LogP contribution is -1.94. The maximum absolute atomic E-state index is 14.5. The number of aromatic nitrogens is 5. The van der Waals surface area contributed by atoms with E-state index in [-0.39, 0.29) is 5.82 Å². The fourth-order valence-electron chi connectivity index (χ4n) is 4.35. The predicted molar refractivity (Wildman–Crippen MR) is 126 cm³/mol. The first-order valence-corrected chi connectivity index (χ1v) is 10.4. The van der Waals surface area contributed by atoms with Gasteiger partial charge in [-0.25, -0.2) is 9.37 Å². The molecular weight excluding hydrogens is 401 g/mol. The van der Waals surface area contributed by atoms with E-state index in [1.807, 2.05) is 62.6 Å². The molecule has 0 bridgehead atoms. The van der Waals surface area contributed by atoms with Crippen LogP contribution in [0.25, 0.3) is 55.6 Å². The van der Waals surface area contributed by atoms with Crippen LogP contribution in [0.5, 0.6) is 0 Å². The Kier molecular flexibility index (Phi) is 4.01. The lowest BCUT2D eigenvalue weighted by atomic mass is 10.0. The number of benzene rings is 3. The topological polar surface area (TPSA) is 62.3 Å². The molecule has 5 nitrogen and oxygen atoms in total. The molecule has 0 aliphatic carbocycles. The van der Waals surface area contributed by atoms with Gasteiger partial charge in [-0.3, -0.25) is 5.10 Å². The van der Waals surface area contributed by atoms with Gasteiger partial charge in [0, 0.05) is 34.5 Å². The Morgan fingerprint density at radius 1 is 0.875 bits per heavy atom. The zero-order valence-electron chi connectivity index (χ0n) is 17.6. The molecule has 0 radical (unpaired) electrons. The van der Waals surface area contributed by atoms with Gasteiger partial charge in [0.1, 0.15) is 17.3 Å². The molecule has 0 unspecified atom stereocenters. The summed E-state index contributed by atoms with van der Waals surface area (Å²) in [5.41, 5.74) is 7.18. The summed E-state index contributed by atoms with van der Waals surface area (Å²) in [5.74, 6) is 0.730. The number of nitrogens with one attached hydrogen (secondary N) is 2. The third kappa shape index (κ3) is 2.76. The number of H-pyrrole nitrogens is 2. The average Bonchev–Trinajstić information content (AvgIpc) is 3.50. The van der Waals surface area contributed by atoms with E-state index in [0.29, 0.717) is 5.56 Å². The Balaban J connectivity index is 1.53. The SMILES string of the molecule is Cc1ncc(-c2ccc3[nH]nc(-c4cc5c(-c6ccccc6F)cccc5[nH]4)c3c2)n1C. The number of imidazole rings is 1. The number of fused-ring (bicyclic) bond motifs is 2. The van der Waals surface area contributed by atoms with E-state index < -0.39 is 0 Å².